The third-order valence-corrected chi connectivity index (χ3v) is 14.0. The number of imide groups is 2. The number of phenolic OH excluding ortho intramolecular Hbond substituents is 1. The van der Waals surface area contributed by atoms with Crippen molar-refractivity contribution in [2.75, 3.05) is 45.3 Å². The summed E-state index contributed by atoms with van der Waals surface area (Å²) in [5.74, 6) is -2.75. The molecule has 9 rings (SSSR count). The van der Waals surface area contributed by atoms with Crippen LogP contribution in [0.4, 0.5) is 11.4 Å². The van der Waals surface area contributed by atoms with Gasteiger partial charge in [-0.25, -0.2) is 0 Å². The molecule has 66 heavy (non-hydrogen) atoms. The van der Waals surface area contributed by atoms with E-state index in [1.807, 2.05) is 91.0 Å². The van der Waals surface area contributed by atoms with Crippen molar-refractivity contribution in [2.45, 2.75) is 18.8 Å². The predicted octanol–water partition coefficient (Wildman–Crippen LogP) is 9.58. The van der Waals surface area contributed by atoms with Gasteiger partial charge in [0, 0.05) is 17.0 Å². The van der Waals surface area contributed by atoms with Crippen LogP contribution in [-0.2, 0) is 19.2 Å². The van der Waals surface area contributed by atoms with Crippen molar-refractivity contribution in [3.05, 3.63) is 141 Å². The first-order chi connectivity index (χ1) is 32.0. The molecular weight excluding hydrogens is 904 g/mol. The van der Waals surface area contributed by atoms with Gasteiger partial charge in [-0.15, -0.1) is 0 Å². The number of hydrogen-bond acceptors (Lipinski definition) is 10. The van der Waals surface area contributed by atoms with Crippen LogP contribution in [0.2, 0.25) is 0 Å². The number of anilines is 2. The minimum Gasteiger partial charge on any atom is -0.503 e. The maximum absolute atomic E-state index is 14.8. The molecule has 2 aliphatic heterocycles. The third-order valence-electron chi connectivity index (χ3n) is 13.4. The summed E-state index contributed by atoms with van der Waals surface area (Å²) in [6, 6.07) is 28.9. The van der Waals surface area contributed by atoms with Crippen LogP contribution in [0, 0.1) is 29.6 Å². The van der Waals surface area contributed by atoms with E-state index in [0.717, 1.165) is 27.8 Å². The molecule has 13 heteroatoms. The Kier molecular flexibility index (Phi) is 12.1. The van der Waals surface area contributed by atoms with Crippen molar-refractivity contribution < 1.29 is 48.0 Å². The number of rotatable bonds is 12. The molecule has 12 nitrogen and oxygen atoms in total. The van der Waals surface area contributed by atoms with E-state index in [0.29, 0.717) is 44.4 Å². The lowest BCUT2D eigenvalue weighted by Crippen LogP contribution is -2.43. The number of aromatic hydroxyl groups is 1. The van der Waals surface area contributed by atoms with Gasteiger partial charge in [-0.3, -0.25) is 29.0 Å². The van der Waals surface area contributed by atoms with E-state index in [2.05, 4.69) is 15.9 Å². The molecule has 6 atom stereocenters. The molecule has 3 fully saturated rings. The highest BCUT2D eigenvalue weighted by Gasteiger charge is 2.62. The largest absolute Gasteiger partial charge is 0.503 e. The van der Waals surface area contributed by atoms with E-state index < -0.39 is 35.5 Å². The molecular formula is C53H47BrN2O10. The van der Waals surface area contributed by atoms with Crippen molar-refractivity contribution in [3.8, 4) is 34.5 Å². The lowest BCUT2D eigenvalue weighted by molar-refractivity contribution is -0.126. The van der Waals surface area contributed by atoms with Gasteiger partial charge in [-0.05, 0) is 124 Å². The van der Waals surface area contributed by atoms with Crippen LogP contribution in [0.1, 0.15) is 46.6 Å². The van der Waals surface area contributed by atoms with E-state index in [1.54, 1.807) is 64.8 Å². The van der Waals surface area contributed by atoms with Crippen LogP contribution in [-0.4, -0.2) is 64.3 Å². The Bertz CT molecular complexity index is 2850. The molecule has 0 bridgehead atoms. The van der Waals surface area contributed by atoms with Gasteiger partial charge in [0.25, 0.3) is 0 Å². The number of fused-ring (bicyclic) bond motifs is 4. The zero-order valence-electron chi connectivity index (χ0n) is 36.9. The van der Waals surface area contributed by atoms with Crippen molar-refractivity contribution in [3.63, 3.8) is 0 Å². The van der Waals surface area contributed by atoms with Crippen molar-refractivity contribution in [2.24, 2.45) is 29.6 Å². The molecule has 4 aliphatic rings. The number of nitrogens with zero attached hydrogens (tertiary/aromatic N) is 2. The molecule has 336 valence electrons. The first-order valence-electron chi connectivity index (χ1n) is 21.5. The van der Waals surface area contributed by atoms with Crippen molar-refractivity contribution in [1.82, 2.24) is 0 Å². The summed E-state index contributed by atoms with van der Waals surface area (Å²) in [6.07, 6.45) is 10.1. The van der Waals surface area contributed by atoms with Gasteiger partial charge in [0.05, 0.1) is 75.1 Å². The standard InChI is InChI=1S/C53H47BrN2O10/c1-62-36-18-22-43(64-3)31(24-36)12-6-29-8-14-34(15-9-29)55-50(58)39-21-20-38-40(47(39)52(55)60)28-41-48(46(38)33-26-42(54)49(57)45(27-33)66-5)53(61)56(51(41)59)35-16-10-30(11-17-35)7-13-32-25-37(63-2)19-23-44(32)65-4/h6-20,22-27,39-41,46-48,57H,21,28H2,1-5H3/t39-,40+,41+,46-,47-,48+/m0/s1. The van der Waals surface area contributed by atoms with Crippen molar-refractivity contribution in [1.29, 1.82) is 0 Å². The van der Waals surface area contributed by atoms with Gasteiger partial charge in [0.15, 0.2) is 11.5 Å². The van der Waals surface area contributed by atoms with Crippen LogP contribution in [0.15, 0.2) is 113 Å². The summed E-state index contributed by atoms with van der Waals surface area (Å²) in [5, 5.41) is 10.8. The van der Waals surface area contributed by atoms with Gasteiger partial charge in [-0.2, -0.15) is 0 Å². The minimum absolute atomic E-state index is 0.106. The van der Waals surface area contributed by atoms with Gasteiger partial charge >= 0.3 is 0 Å². The number of benzene rings is 5. The minimum atomic E-state index is -0.821. The molecule has 0 aromatic heterocycles. The molecule has 0 spiro atoms. The average Bonchev–Trinajstić information content (AvgIpc) is 3.75. The molecule has 2 heterocycles. The number of halogens is 1. The summed E-state index contributed by atoms with van der Waals surface area (Å²) >= 11 is 3.47. The number of allylic oxidation sites excluding steroid dienone is 2. The van der Waals surface area contributed by atoms with Gasteiger partial charge in [-0.1, -0.05) is 60.2 Å². The number of amides is 4. The average molecular weight is 952 g/mol. The summed E-state index contributed by atoms with van der Waals surface area (Å²) < 4.78 is 27.7. The normalized spacial score (nSPS) is 22.4. The van der Waals surface area contributed by atoms with Crippen LogP contribution in [0.25, 0.3) is 24.3 Å². The van der Waals surface area contributed by atoms with Gasteiger partial charge in [0.1, 0.15) is 23.0 Å². The Labute approximate surface area is 390 Å². The number of ether oxygens (including phenoxy) is 5. The molecule has 0 unspecified atom stereocenters. The molecule has 5 aromatic rings. The Morgan fingerprint density at radius 1 is 0.545 bits per heavy atom. The second-order valence-corrected chi connectivity index (χ2v) is 17.5. The number of phenols is 1. The number of carbonyl (C=O) groups is 4. The fourth-order valence-electron chi connectivity index (χ4n) is 10.2. The van der Waals surface area contributed by atoms with Crippen LogP contribution in [0.3, 0.4) is 0 Å². The quantitative estimate of drug-likeness (QED) is 0.0731. The highest BCUT2D eigenvalue weighted by atomic mass is 79.9. The molecule has 4 amide bonds. The summed E-state index contributed by atoms with van der Waals surface area (Å²) in [7, 11) is 7.85. The fraction of sp³-hybridized carbons (Fsp3) is 0.245. The van der Waals surface area contributed by atoms with E-state index in [-0.39, 0.29) is 48.0 Å². The SMILES string of the molecule is COc1ccc(OC)c(C=Cc2ccc(N3C(=O)[C@H]4[C@H](CC=C5[C@H]4C[C@H]4C(=O)N(c6ccc(C=Cc7cc(OC)ccc7OC)cc6)C(=O)[C@H]4[C@H]5c4cc(Br)c(O)c(OC)c4)C3=O)cc2)c1. The van der Waals surface area contributed by atoms with Crippen LogP contribution >= 0.6 is 15.9 Å². The van der Waals surface area contributed by atoms with Crippen molar-refractivity contribution >= 4 is 75.2 Å². The second-order valence-electron chi connectivity index (χ2n) is 16.7. The van der Waals surface area contributed by atoms with E-state index >= 15 is 0 Å². The molecule has 2 saturated heterocycles. The Morgan fingerprint density at radius 2 is 1.05 bits per heavy atom. The predicted molar refractivity (Wildman–Crippen MR) is 255 cm³/mol. The maximum atomic E-state index is 14.8. The first kappa shape index (κ1) is 44.1. The number of methoxy groups -OCH3 is 5. The Hall–Kier alpha value is -7.12. The molecule has 1 N–H and O–H groups in total. The summed E-state index contributed by atoms with van der Waals surface area (Å²) in [4.78, 5) is 61.2. The van der Waals surface area contributed by atoms with Crippen LogP contribution in [0.5, 0.6) is 34.5 Å². The van der Waals surface area contributed by atoms with Crippen LogP contribution < -0.4 is 33.5 Å². The smallest absolute Gasteiger partial charge is 0.238 e. The van der Waals surface area contributed by atoms with Gasteiger partial charge < -0.3 is 28.8 Å². The van der Waals surface area contributed by atoms with E-state index in [4.69, 9.17) is 23.7 Å². The van der Waals surface area contributed by atoms with Gasteiger partial charge in [0.2, 0.25) is 23.6 Å². The summed E-state index contributed by atoms with van der Waals surface area (Å²) in [6.45, 7) is 0. The Morgan fingerprint density at radius 3 is 1.55 bits per heavy atom. The molecule has 2 aliphatic carbocycles. The third kappa shape index (κ3) is 7.70. The Balaban J connectivity index is 1.02. The monoisotopic (exact) mass is 950 g/mol. The highest BCUT2D eigenvalue weighted by Crippen LogP contribution is 2.59. The lowest BCUT2D eigenvalue weighted by atomic mass is 9.57. The van der Waals surface area contributed by atoms with E-state index in [1.165, 1.54) is 16.9 Å². The van der Waals surface area contributed by atoms with E-state index in [9.17, 15) is 24.3 Å². The molecule has 0 radical (unpaired) electrons. The highest BCUT2D eigenvalue weighted by molar-refractivity contribution is 9.10. The molecule has 1 saturated carbocycles. The zero-order chi connectivity index (χ0) is 46.4. The number of hydrogen-bond donors (Lipinski definition) is 1. The fourth-order valence-corrected chi connectivity index (χ4v) is 10.6. The lowest BCUT2D eigenvalue weighted by Gasteiger charge is -2.44. The second kappa shape index (κ2) is 18.0. The zero-order valence-corrected chi connectivity index (χ0v) is 38.5. The topological polar surface area (TPSA) is 141 Å². The number of carbonyl (C=O) groups excluding carboxylic acids is 4. The molecule has 5 aromatic carbocycles. The maximum Gasteiger partial charge on any atom is 0.238 e. The first-order valence-corrected chi connectivity index (χ1v) is 22.3. The summed E-state index contributed by atoms with van der Waals surface area (Å²) in [5.41, 5.74) is 5.65.